The number of allylic oxidation sites excluding steroid dienone is 5. The number of carbonyl (C=O) groups is 1. The summed E-state index contributed by atoms with van der Waals surface area (Å²) in [6.45, 7) is 12.3. The van der Waals surface area contributed by atoms with Gasteiger partial charge in [-0.1, -0.05) is 64.1 Å². The summed E-state index contributed by atoms with van der Waals surface area (Å²) in [5.74, 6) is -0.0477. The van der Waals surface area contributed by atoms with Crippen molar-refractivity contribution < 1.29 is 9.90 Å². The number of hydrogen-bond donors (Lipinski definition) is 2. The van der Waals surface area contributed by atoms with E-state index in [1.807, 2.05) is 50.2 Å². The van der Waals surface area contributed by atoms with E-state index in [0.29, 0.717) is 11.1 Å². The zero-order valence-corrected chi connectivity index (χ0v) is 19.4. The van der Waals surface area contributed by atoms with Crippen LogP contribution in [0.2, 0.25) is 0 Å². The Hall–Kier alpha value is -3.40. The van der Waals surface area contributed by atoms with E-state index in [0.717, 1.165) is 39.5 Å². The van der Waals surface area contributed by atoms with Gasteiger partial charge in [0.2, 0.25) is 5.78 Å². The molecule has 4 heteroatoms. The first-order valence-electron chi connectivity index (χ1n) is 11.0. The molecule has 2 aliphatic heterocycles. The topological polar surface area (TPSA) is 61.7 Å². The Morgan fingerprint density at radius 2 is 1.50 bits per heavy atom. The van der Waals surface area contributed by atoms with E-state index in [1.165, 1.54) is 5.56 Å². The fraction of sp³-hybridized carbons (Fsp3) is 0.286. The standard InChI is InChI=1S/C28H28N2O2/c1-15(25-27(3,4)17-11-7-9-13-19(17)29-25)21-23(31)22(24(21)32)16(2)26-28(5,6)18-12-8-10-14-20(18)30-26/h7-14,29,31H,1-6H3/b22-16+,25-15+. The van der Waals surface area contributed by atoms with Crippen LogP contribution in [0.4, 0.5) is 11.4 Å². The van der Waals surface area contributed by atoms with E-state index in [-0.39, 0.29) is 22.4 Å². The SMILES string of the molecule is C/C(C1=Nc2ccccc2C1(C)C)=C1\C(=O)C(C(/C)=C2/Nc3ccccc3C2(C)C)=C1O. The van der Waals surface area contributed by atoms with Crippen LogP contribution in [0.5, 0.6) is 0 Å². The van der Waals surface area contributed by atoms with E-state index >= 15 is 0 Å². The highest BCUT2D eigenvalue weighted by molar-refractivity contribution is 6.27. The van der Waals surface area contributed by atoms with Crippen molar-refractivity contribution in [2.75, 3.05) is 5.32 Å². The van der Waals surface area contributed by atoms with E-state index in [2.05, 4.69) is 45.1 Å². The number of anilines is 1. The monoisotopic (exact) mass is 424 g/mol. The fourth-order valence-electron chi connectivity index (χ4n) is 5.51. The predicted molar refractivity (Wildman–Crippen MR) is 130 cm³/mol. The molecular weight excluding hydrogens is 396 g/mol. The van der Waals surface area contributed by atoms with Crippen LogP contribution in [-0.4, -0.2) is 16.6 Å². The zero-order valence-electron chi connectivity index (χ0n) is 19.4. The van der Waals surface area contributed by atoms with Crippen molar-refractivity contribution in [1.29, 1.82) is 0 Å². The first kappa shape index (κ1) is 20.5. The average molecular weight is 425 g/mol. The second-order valence-electron chi connectivity index (χ2n) is 9.95. The Balaban J connectivity index is 1.59. The number of carbonyl (C=O) groups excluding carboxylic acids is 1. The van der Waals surface area contributed by atoms with Gasteiger partial charge in [-0.15, -0.1) is 0 Å². The number of aliphatic hydroxyl groups is 1. The van der Waals surface area contributed by atoms with Gasteiger partial charge in [-0.2, -0.15) is 0 Å². The Morgan fingerprint density at radius 1 is 0.875 bits per heavy atom. The maximum absolute atomic E-state index is 13.3. The molecule has 0 bridgehead atoms. The molecule has 2 heterocycles. The lowest BCUT2D eigenvalue weighted by molar-refractivity contribution is -0.113. The molecule has 0 aromatic heterocycles. The van der Waals surface area contributed by atoms with Crippen LogP contribution < -0.4 is 5.32 Å². The van der Waals surface area contributed by atoms with Gasteiger partial charge in [-0.25, -0.2) is 0 Å². The molecule has 0 amide bonds. The minimum Gasteiger partial charge on any atom is -0.506 e. The third-order valence-electron chi connectivity index (χ3n) is 7.29. The summed E-state index contributed by atoms with van der Waals surface area (Å²) in [5.41, 5.74) is 7.81. The first-order chi connectivity index (χ1) is 15.1. The minimum atomic E-state index is -0.325. The maximum Gasteiger partial charge on any atom is 0.201 e. The highest BCUT2D eigenvalue weighted by Crippen LogP contribution is 2.48. The van der Waals surface area contributed by atoms with Crippen LogP contribution in [0.15, 0.2) is 87.3 Å². The third kappa shape index (κ3) is 2.56. The summed E-state index contributed by atoms with van der Waals surface area (Å²) in [4.78, 5) is 18.2. The van der Waals surface area contributed by atoms with Crippen LogP contribution >= 0.6 is 0 Å². The smallest absolute Gasteiger partial charge is 0.201 e. The number of nitrogens with one attached hydrogen (secondary N) is 1. The van der Waals surface area contributed by atoms with Crippen LogP contribution in [-0.2, 0) is 15.6 Å². The van der Waals surface area contributed by atoms with Gasteiger partial charge in [0.1, 0.15) is 5.76 Å². The summed E-state index contributed by atoms with van der Waals surface area (Å²) in [7, 11) is 0. The molecule has 0 fully saturated rings. The number of nitrogens with zero attached hydrogens (tertiary/aromatic N) is 1. The van der Waals surface area contributed by atoms with Crippen LogP contribution in [0.3, 0.4) is 0 Å². The Bertz CT molecular complexity index is 1330. The van der Waals surface area contributed by atoms with Crippen molar-refractivity contribution in [3.63, 3.8) is 0 Å². The lowest BCUT2D eigenvalue weighted by atomic mass is 9.73. The van der Waals surface area contributed by atoms with Gasteiger partial charge >= 0.3 is 0 Å². The van der Waals surface area contributed by atoms with Crippen molar-refractivity contribution in [3.05, 3.63) is 93.4 Å². The molecule has 1 aliphatic carbocycles. The van der Waals surface area contributed by atoms with E-state index in [4.69, 9.17) is 4.99 Å². The van der Waals surface area contributed by atoms with Crippen molar-refractivity contribution in [2.45, 2.75) is 52.4 Å². The molecule has 32 heavy (non-hydrogen) atoms. The van der Waals surface area contributed by atoms with Crippen molar-refractivity contribution in [3.8, 4) is 0 Å². The van der Waals surface area contributed by atoms with Gasteiger partial charge in [0.15, 0.2) is 0 Å². The van der Waals surface area contributed by atoms with Crippen LogP contribution in [0.1, 0.15) is 52.7 Å². The molecule has 162 valence electrons. The third-order valence-corrected chi connectivity index (χ3v) is 7.29. The largest absolute Gasteiger partial charge is 0.506 e. The molecule has 2 aromatic rings. The molecule has 3 aliphatic rings. The number of ketones is 1. The van der Waals surface area contributed by atoms with E-state index < -0.39 is 0 Å². The molecule has 0 saturated heterocycles. The molecule has 0 atom stereocenters. The lowest BCUT2D eigenvalue weighted by Crippen LogP contribution is -2.32. The number of Topliss-reactive ketones (excluding diaryl/α,β-unsaturated/α-hetero) is 1. The molecule has 0 spiro atoms. The van der Waals surface area contributed by atoms with Crippen LogP contribution in [0.25, 0.3) is 0 Å². The highest BCUT2D eigenvalue weighted by Gasteiger charge is 2.44. The predicted octanol–water partition coefficient (Wildman–Crippen LogP) is 6.44. The summed E-state index contributed by atoms with van der Waals surface area (Å²) in [5, 5.41) is 14.5. The number of aliphatic imine (C=N–C) groups is 1. The number of aliphatic hydroxyl groups excluding tert-OH is 1. The average Bonchev–Trinajstić information content (AvgIpc) is 3.18. The summed E-state index contributed by atoms with van der Waals surface area (Å²) in [6.07, 6.45) is 0. The normalized spacial score (nSPS) is 23.2. The molecule has 2 N–H and O–H groups in total. The van der Waals surface area contributed by atoms with Crippen molar-refractivity contribution >= 4 is 22.9 Å². The van der Waals surface area contributed by atoms with Gasteiger partial charge in [0.05, 0.1) is 22.5 Å². The van der Waals surface area contributed by atoms with Crippen molar-refractivity contribution in [2.24, 2.45) is 4.99 Å². The number of hydrogen-bond acceptors (Lipinski definition) is 4. The Labute approximate surface area is 189 Å². The molecule has 4 nitrogen and oxygen atoms in total. The summed E-state index contributed by atoms with van der Waals surface area (Å²) >= 11 is 0. The fourth-order valence-corrected chi connectivity index (χ4v) is 5.51. The highest BCUT2D eigenvalue weighted by atomic mass is 16.3. The molecular formula is C28H28N2O2. The lowest BCUT2D eigenvalue weighted by Gasteiger charge is -2.30. The van der Waals surface area contributed by atoms with Gasteiger partial charge in [0.25, 0.3) is 0 Å². The maximum atomic E-state index is 13.3. The Kier molecular flexibility index (Phi) is 4.20. The molecule has 0 unspecified atom stereocenters. The van der Waals surface area contributed by atoms with Gasteiger partial charge < -0.3 is 10.4 Å². The second kappa shape index (κ2) is 6.55. The van der Waals surface area contributed by atoms with Crippen LogP contribution in [0, 0.1) is 0 Å². The summed E-state index contributed by atoms with van der Waals surface area (Å²) < 4.78 is 0. The molecule has 0 saturated carbocycles. The first-order valence-corrected chi connectivity index (χ1v) is 11.0. The zero-order chi connectivity index (χ0) is 23.0. The van der Waals surface area contributed by atoms with Gasteiger partial charge in [-0.3, -0.25) is 9.79 Å². The van der Waals surface area contributed by atoms with E-state index in [9.17, 15) is 9.90 Å². The number of benzene rings is 2. The number of para-hydroxylation sites is 2. The number of fused-ring (bicyclic) bond motifs is 2. The number of rotatable bonds is 2. The summed E-state index contributed by atoms with van der Waals surface area (Å²) in [6, 6.07) is 16.2. The molecule has 2 aromatic carbocycles. The molecule has 0 radical (unpaired) electrons. The van der Waals surface area contributed by atoms with Crippen molar-refractivity contribution in [1.82, 2.24) is 0 Å². The van der Waals surface area contributed by atoms with Gasteiger partial charge in [0, 0.05) is 22.2 Å². The Morgan fingerprint density at radius 3 is 2.12 bits per heavy atom. The molecule has 5 rings (SSSR count). The quantitative estimate of drug-likeness (QED) is 0.546. The van der Waals surface area contributed by atoms with E-state index in [1.54, 1.807) is 0 Å². The second-order valence-corrected chi connectivity index (χ2v) is 9.95. The van der Waals surface area contributed by atoms with Gasteiger partial charge in [-0.05, 0) is 48.3 Å². The minimum absolute atomic E-state index is 0.0699.